The summed E-state index contributed by atoms with van der Waals surface area (Å²) in [4.78, 5) is 12.2. The quantitative estimate of drug-likeness (QED) is 0.755. The van der Waals surface area contributed by atoms with Gasteiger partial charge in [0.25, 0.3) is 0 Å². The number of benzene rings is 1. The van der Waals surface area contributed by atoms with Crippen LogP contribution in [0.25, 0.3) is 0 Å². The molecule has 0 saturated carbocycles. The van der Waals surface area contributed by atoms with Crippen LogP contribution in [0.15, 0.2) is 29.2 Å². The summed E-state index contributed by atoms with van der Waals surface area (Å²) in [6.45, 7) is 2.07. The monoisotopic (exact) mass is 270 g/mol. The summed E-state index contributed by atoms with van der Waals surface area (Å²) < 4.78 is 11.3. The van der Waals surface area contributed by atoms with Gasteiger partial charge in [-0.25, -0.2) is 4.79 Å². The molecule has 0 radical (unpaired) electrons. The minimum absolute atomic E-state index is 0.338. The summed E-state index contributed by atoms with van der Waals surface area (Å²) in [6, 6.07) is 6.54. The van der Waals surface area contributed by atoms with Crippen LogP contribution in [-0.4, -0.2) is 34.3 Å². The van der Waals surface area contributed by atoms with Gasteiger partial charge in [0.2, 0.25) is 0 Å². The number of hydrogen-bond acceptors (Lipinski definition) is 3. The molecule has 1 rings (SSSR count). The zero-order valence-corrected chi connectivity index (χ0v) is 11.3. The predicted octanol–water partition coefficient (Wildman–Crippen LogP) is 1.32. The molecule has 2 unspecified atom stereocenters. The van der Waals surface area contributed by atoms with Crippen molar-refractivity contribution >= 4 is 22.5 Å². The van der Waals surface area contributed by atoms with Gasteiger partial charge >= 0.3 is 6.03 Å². The van der Waals surface area contributed by atoms with E-state index in [4.69, 9.17) is 5.11 Å². The molecule has 18 heavy (non-hydrogen) atoms. The predicted molar refractivity (Wildman–Crippen MR) is 72.1 cm³/mol. The normalized spacial score (nSPS) is 13.7. The first kappa shape index (κ1) is 14.7. The molecule has 3 N–H and O–H groups in total. The number of aliphatic hydroxyl groups excluding tert-OH is 1. The smallest absolute Gasteiger partial charge is 0.319 e. The van der Waals surface area contributed by atoms with Crippen molar-refractivity contribution in [3.63, 3.8) is 0 Å². The summed E-state index contributed by atoms with van der Waals surface area (Å²) in [5, 5.41) is 14.3. The molecule has 0 spiro atoms. The summed E-state index contributed by atoms with van der Waals surface area (Å²) in [5.41, 5.74) is 0.595. The second kappa shape index (κ2) is 7.13. The van der Waals surface area contributed by atoms with Crippen LogP contribution in [0.4, 0.5) is 10.5 Å². The Bertz CT molecular complexity index is 435. The Labute approximate surface area is 109 Å². The van der Waals surface area contributed by atoms with E-state index < -0.39 is 16.9 Å². The van der Waals surface area contributed by atoms with Crippen LogP contribution in [-0.2, 0) is 10.8 Å². The maximum atomic E-state index is 11.5. The Balaban J connectivity index is 2.49. The molecule has 0 aliphatic carbocycles. The highest BCUT2D eigenvalue weighted by Gasteiger charge is 2.04. The number of hydrogen-bond donors (Lipinski definition) is 3. The first-order valence-electron chi connectivity index (χ1n) is 5.65. The molecule has 1 aromatic rings. The van der Waals surface area contributed by atoms with Crippen LogP contribution < -0.4 is 10.6 Å². The summed E-state index contributed by atoms with van der Waals surface area (Å²) in [7, 11) is -1.07. The fraction of sp³-hybridized carbons (Fsp3) is 0.417. The van der Waals surface area contributed by atoms with Gasteiger partial charge in [0, 0.05) is 34.2 Å². The molecule has 0 aliphatic heterocycles. The van der Waals surface area contributed by atoms with Gasteiger partial charge in [-0.15, -0.1) is 0 Å². The largest absolute Gasteiger partial charge is 0.393 e. The van der Waals surface area contributed by atoms with Crippen molar-refractivity contribution in [3.8, 4) is 0 Å². The number of urea groups is 1. The average Bonchev–Trinajstić information content (AvgIpc) is 2.28. The number of amides is 2. The Morgan fingerprint density at radius 3 is 2.83 bits per heavy atom. The lowest BCUT2D eigenvalue weighted by Gasteiger charge is -2.09. The fourth-order valence-electron chi connectivity index (χ4n) is 1.32. The van der Waals surface area contributed by atoms with Crippen molar-refractivity contribution in [1.29, 1.82) is 0 Å². The number of rotatable bonds is 5. The van der Waals surface area contributed by atoms with Crippen molar-refractivity contribution in [1.82, 2.24) is 5.32 Å². The van der Waals surface area contributed by atoms with Gasteiger partial charge in [0.15, 0.2) is 0 Å². The third kappa shape index (κ3) is 5.29. The Kier molecular flexibility index (Phi) is 5.80. The summed E-state index contributed by atoms with van der Waals surface area (Å²) >= 11 is 0. The number of carbonyl (C=O) groups excluding carboxylic acids is 1. The van der Waals surface area contributed by atoms with Crippen molar-refractivity contribution in [2.75, 3.05) is 18.1 Å². The molecule has 0 aromatic heterocycles. The lowest BCUT2D eigenvalue weighted by molar-refractivity contribution is 0.184. The van der Waals surface area contributed by atoms with Crippen LogP contribution in [0.5, 0.6) is 0 Å². The van der Waals surface area contributed by atoms with Crippen molar-refractivity contribution < 1.29 is 14.1 Å². The molecule has 100 valence electrons. The van der Waals surface area contributed by atoms with Gasteiger partial charge in [-0.3, -0.25) is 4.21 Å². The molecule has 1 aromatic carbocycles. The van der Waals surface area contributed by atoms with E-state index in [1.807, 2.05) is 0 Å². The summed E-state index contributed by atoms with van der Waals surface area (Å²) in [5.74, 6) is 0. The molecule has 0 fully saturated rings. The molecule has 0 heterocycles. The topological polar surface area (TPSA) is 78.4 Å². The van der Waals surface area contributed by atoms with E-state index in [-0.39, 0.29) is 6.03 Å². The maximum absolute atomic E-state index is 11.5. The lowest BCUT2D eigenvalue weighted by Crippen LogP contribution is -2.30. The first-order valence-corrected chi connectivity index (χ1v) is 7.21. The van der Waals surface area contributed by atoms with E-state index >= 15 is 0 Å². The van der Waals surface area contributed by atoms with E-state index in [1.165, 1.54) is 0 Å². The fourth-order valence-corrected chi connectivity index (χ4v) is 1.89. The molecule has 5 nitrogen and oxygen atoms in total. The highest BCUT2D eigenvalue weighted by molar-refractivity contribution is 7.84. The maximum Gasteiger partial charge on any atom is 0.319 e. The molecule has 0 bridgehead atoms. The number of anilines is 1. The second-order valence-corrected chi connectivity index (χ2v) is 5.38. The van der Waals surface area contributed by atoms with Gasteiger partial charge in [-0.05, 0) is 31.5 Å². The second-order valence-electron chi connectivity index (χ2n) is 4.00. The molecule has 6 heteroatoms. The third-order valence-electron chi connectivity index (χ3n) is 2.27. The highest BCUT2D eigenvalue weighted by atomic mass is 32.2. The Morgan fingerprint density at radius 2 is 2.22 bits per heavy atom. The number of nitrogens with one attached hydrogen (secondary N) is 2. The van der Waals surface area contributed by atoms with Gasteiger partial charge in [-0.2, -0.15) is 0 Å². The van der Waals surface area contributed by atoms with Crippen LogP contribution >= 0.6 is 0 Å². The molecule has 2 atom stereocenters. The van der Waals surface area contributed by atoms with Crippen molar-refractivity contribution in [2.45, 2.75) is 24.3 Å². The highest BCUT2D eigenvalue weighted by Crippen LogP contribution is 2.12. The molecular formula is C12H18N2O3S. The van der Waals surface area contributed by atoms with Gasteiger partial charge in [-0.1, -0.05) is 6.07 Å². The minimum Gasteiger partial charge on any atom is -0.393 e. The number of aliphatic hydroxyl groups is 1. The Morgan fingerprint density at radius 1 is 1.50 bits per heavy atom. The van der Waals surface area contributed by atoms with Gasteiger partial charge < -0.3 is 15.7 Å². The SMILES string of the molecule is CC(O)CCNC(=O)Nc1cccc(S(C)=O)c1. The molecular weight excluding hydrogens is 252 g/mol. The third-order valence-corrected chi connectivity index (χ3v) is 3.19. The minimum atomic E-state index is -1.07. The number of carbonyl (C=O) groups is 1. The first-order chi connectivity index (χ1) is 8.49. The van der Waals surface area contributed by atoms with Crippen LogP contribution in [0.3, 0.4) is 0 Å². The van der Waals surface area contributed by atoms with Crippen LogP contribution in [0, 0.1) is 0 Å². The van der Waals surface area contributed by atoms with Crippen molar-refractivity contribution in [3.05, 3.63) is 24.3 Å². The van der Waals surface area contributed by atoms with E-state index in [0.717, 1.165) is 0 Å². The zero-order chi connectivity index (χ0) is 13.5. The van der Waals surface area contributed by atoms with E-state index in [1.54, 1.807) is 37.4 Å². The van der Waals surface area contributed by atoms with Crippen molar-refractivity contribution in [2.24, 2.45) is 0 Å². The van der Waals surface area contributed by atoms with Crippen LogP contribution in [0.1, 0.15) is 13.3 Å². The Hall–Kier alpha value is -1.40. The van der Waals surface area contributed by atoms with Crippen LogP contribution in [0.2, 0.25) is 0 Å². The standard InChI is InChI=1S/C12H18N2O3S/c1-9(15)6-7-13-12(16)14-10-4-3-5-11(8-10)18(2)17/h3-5,8-9,15H,6-7H2,1-2H3,(H2,13,14,16). The zero-order valence-electron chi connectivity index (χ0n) is 10.5. The van der Waals surface area contributed by atoms with Gasteiger partial charge in [0.05, 0.1) is 6.10 Å². The average molecular weight is 270 g/mol. The molecule has 0 saturated heterocycles. The van der Waals surface area contributed by atoms with Gasteiger partial charge in [0.1, 0.15) is 0 Å². The van der Waals surface area contributed by atoms with E-state index in [0.29, 0.717) is 23.5 Å². The lowest BCUT2D eigenvalue weighted by atomic mass is 10.3. The summed E-state index contributed by atoms with van der Waals surface area (Å²) in [6.07, 6.45) is 1.66. The molecule has 0 aliphatic rings. The van der Waals surface area contributed by atoms with E-state index in [2.05, 4.69) is 10.6 Å². The molecule has 2 amide bonds. The van der Waals surface area contributed by atoms with E-state index in [9.17, 15) is 9.00 Å².